The Balaban J connectivity index is 2.38. The molecule has 0 fully saturated rings. The molecule has 0 bridgehead atoms. The van der Waals surface area contributed by atoms with Crippen LogP contribution in [0.15, 0.2) is 36.5 Å². The van der Waals surface area contributed by atoms with Crippen LogP contribution in [0.4, 0.5) is 21.6 Å². The molecule has 0 radical (unpaired) electrons. The molecule has 0 spiro atoms. The van der Waals surface area contributed by atoms with Crippen molar-refractivity contribution in [2.75, 3.05) is 11.1 Å². The number of halogens is 1. The molecule has 84 valence electrons. The molecule has 0 atom stereocenters. The van der Waals surface area contributed by atoms with Crippen LogP contribution in [0.3, 0.4) is 0 Å². The van der Waals surface area contributed by atoms with E-state index in [1.54, 1.807) is 18.2 Å². The van der Waals surface area contributed by atoms with E-state index in [-0.39, 0.29) is 17.2 Å². The molecule has 1 heterocycles. The molecule has 0 aliphatic rings. The van der Waals surface area contributed by atoms with E-state index in [0.717, 1.165) is 0 Å². The fourth-order valence-corrected chi connectivity index (χ4v) is 1.36. The fourth-order valence-electron chi connectivity index (χ4n) is 1.36. The topological polar surface area (TPSA) is 74.7 Å². The highest BCUT2D eigenvalue weighted by molar-refractivity contribution is 5.73. The molecule has 4 nitrogen and oxygen atoms in total. The van der Waals surface area contributed by atoms with E-state index in [1.165, 1.54) is 18.3 Å². The monoisotopic (exact) mass is 228 g/mol. The molecular formula is C12H9FN4. The highest BCUT2D eigenvalue weighted by atomic mass is 19.1. The summed E-state index contributed by atoms with van der Waals surface area (Å²) >= 11 is 0. The van der Waals surface area contributed by atoms with E-state index in [4.69, 9.17) is 11.0 Å². The Kier molecular flexibility index (Phi) is 2.88. The third kappa shape index (κ3) is 2.16. The Morgan fingerprint density at radius 1 is 1.29 bits per heavy atom. The number of anilines is 3. The van der Waals surface area contributed by atoms with E-state index in [0.29, 0.717) is 5.56 Å². The predicted octanol–water partition coefficient (Wildman–Crippen LogP) is 2.42. The summed E-state index contributed by atoms with van der Waals surface area (Å²) in [6.07, 6.45) is 1.44. The van der Waals surface area contributed by atoms with Gasteiger partial charge in [0.1, 0.15) is 11.9 Å². The van der Waals surface area contributed by atoms with Gasteiger partial charge in [-0.05, 0) is 18.2 Å². The molecule has 0 amide bonds. The van der Waals surface area contributed by atoms with Gasteiger partial charge in [0.2, 0.25) is 0 Å². The number of hydrogen-bond donors (Lipinski definition) is 2. The summed E-state index contributed by atoms with van der Waals surface area (Å²) in [4.78, 5) is 3.97. The third-order valence-corrected chi connectivity index (χ3v) is 2.24. The van der Waals surface area contributed by atoms with Crippen LogP contribution >= 0.6 is 0 Å². The van der Waals surface area contributed by atoms with Crippen molar-refractivity contribution in [3.63, 3.8) is 0 Å². The number of rotatable bonds is 2. The number of nitrogens with one attached hydrogen (secondary N) is 1. The first-order valence-electron chi connectivity index (χ1n) is 4.88. The van der Waals surface area contributed by atoms with Crippen LogP contribution in [0.1, 0.15) is 5.56 Å². The lowest BCUT2D eigenvalue weighted by Crippen LogP contribution is -2.02. The number of benzene rings is 1. The Hall–Kier alpha value is -2.61. The molecule has 0 aliphatic heterocycles. The number of nitrogen functional groups attached to an aromatic ring is 1. The minimum Gasteiger partial charge on any atom is -0.395 e. The van der Waals surface area contributed by atoms with Crippen LogP contribution in [0.5, 0.6) is 0 Å². The van der Waals surface area contributed by atoms with Crippen molar-refractivity contribution in [1.29, 1.82) is 5.26 Å². The molecule has 0 saturated heterocycles. The van der Waals surface area contributed by atoms with E-state index < -0.39 is 5.82 Å². The Morgan fingerprint density at radius 3 is 2.76 bits per heavy atom. The lowest BCUT2D eigenvalue weighted by Gasteiger charge is -2.09. The second-order valence-electron chi connectivity index (χ2n) is 3.34. The first kappa shape index (κ1) is 10.9. The van der Waals surface area contributed by atoms with Crippen molar-refractivity contribution in [2.45, 2.75) is 0 Å². The predicted molar refractivity (Wildman–Crippen MR) is 63.0 cm³/mol. The van der Waals surface area contributed by atoms with Gasteiger partial charge in [-0.1, -0.05) is 12.1 Å². The van der Waals surface area contributed by atoms with Gasteiger partial charge in [0.25, 0.3) is 0 Å². The van der Waals surface area contributed by atoms with Crippen molar-refractivity contribution in [1.82, 2.24) is 4.98 Å². The van der Waals surface area contributed by atoms with Crippen LogP contribution < -0.4 is 11.1 Å². The molecule has 1 aromatic heterocycles. The van der Waals surface area contributed by atoms with Crippen LogP contribution in [0.25, 0.3) is 0 Å². The standard InChI is InChI=1S/C12H9FN4/c13-9-3-1-2-4-10(9)17-12-11(15)8(7-14)5-6-16-12/h1-6H,15H2,(H,16,17). The van der Waals surface area contributed by atoms with Gasteiger partial charge in [0, 0.05) is 6.20 Å². The summed E-state index contributed by atoms with van der Waals surface area (Å²) in [7, 11) is 0. The van der Waals surface area contributed by atoms with Gasteiger partial charge in [0.15, 0.2) is 5.82 Å². The van der Waals surface area contributed by atoms with Crippen molar-refractivity contribution in [3.05, 3.63) is 47.9 Å². The molecule has 0 unspecified atom stereocenters. The number of pyridine rings is 1. The first-order chi connectivity index (χ1) is 8.22. The number of nitriles is 1. The second kappa shape index (κ2) is 4.49. The zero-order valence-electron chi connectivity index (χ0n) is 8.81. The molecule has 5 heteroatoms. The largest absolute Gasteiger partial charge is 0.395 e. The van der Waals surface area contributed by atoms with E-state index in [2.05, 4.69) is 10.3 Å². The van der Waals surface area contributed by atoms with Crippen molar-refractivity contribution in [3.8, 4) is 6.07 Å². The van der Waals surface area contributed by atoms with Crippen molar-refractivity contribution < 1.29 is 4.39 Å². The maximum Gasteiger partial charge on any atom is 0.155 e. The highest BCUT2D eigenvalue weighted by Gasteiger charge is 2.08. The zero-order chi connectivity index (χ0) is 12.3. The quantitative estimate of drug-likeness (QED) is 0.827. The Bertz CT molecular complexity index is 589. The molecule has 2 aromatic rings. The van der Waals surface area contributed by atoms with Crippen LogP contribution in [-0.2, 0) is 0 Å². The molecule has 2 rings (SSSR count). The maximum atomic E-state index is 13.4. The molecule has 0 saturated carbocycles. The van der Waals surface area contributed by atoms with Gasteiger partial charge in [-0.15, -0.1) is 0 Å². The van der Waals surface area contributed by atoms with E-state index in [9.17, 15) is 4.39 Å². The normalized spacial score (nSPS) is 9.65. The third-order valence-electron chi connectivity index (χ3n) is 2.24. The van der Waals surface area contributed by atoms with Crippen LogP contribution in [0.2, 0.25) is 0 Å². The summed E-state index contributed by atoms with van der Waals surface area (Å²) in [5.41, 5.74) is 6.50. The van der Waals surface area contributed by atoms with Gasteiger partial charge >= 0.3 is 0 Å². The van der Waals surface area contributed by atoms with Crippen LogP contribution in [-0.4, -0.2) is 4.98 Å². The SMILES string of the molecule is N#Cc1ccnc(Nc2ccccc2F)c1N. The number of nitrogens with two attached hydrogens (primary N) is 1. The van der Waals surface area contributed by atoms with Gasteiger partial charge in [-0.3, -0.25) is 0 Å². The molecular weight excluding hydrogens is 219 g/mol. The number of para-hydroxylation sites is 1. The van der Waals surface area contributed by atoms with Crippen molar-refractivity contribution in [2.24, 2.45) is 0 Å². The van der Waals surface area contributed by atoms with Gasteiger partial charge in [-0.2, -0.15) is 5.26 Å². The molecule has 1 aromatic carbocycles. The molecule has 17 heavy (non-hydrogen) atoms. The minimum atomic E-state index is -0.406. The summed E-state index contributed by atoms with van der Waals surface area (Å²) < 4.78 is 13.4. The lowest BCUT2D eigenvalue weighted by molar-refractivity contribution is 0.632. The second-order valence-corrected chi connectivity index (χ2v) is 3.34. The Morgan fingerprint density at radius 2 is 2.06 bits per heavy atom. The van der Waals surface area contributed by atoms with Crippen molar-refractivity contribution >= 4 is 17.2 Å². The fraction of sp³-hybridized carbons (Fsp3) is 0. The average Bonchev–Trinajstić information content (AvgIpc) is 2.34. The number of hydrogen-bond acceptors (Lipinski definition) is 4. The van der Waals surface area contributed by atoms with Crippen LogP contribution in [0, 0.1) is 17.1 Å². The number of aromatic nitrogens is 1. The van der Waals surface area contributed by atoms with E-state index in [1.807, 2.05) is 6.07 Å². The summed E-state index contributed by atoms with van der Waals surface area (Å²) in [5.74, 6) is -0.134. The Labute approximate surface area is 97.5 Å². The minimum absolute atomic E-state index is 0.207. The molecule has 3 N–H and O–H groups in total. The van der Waals surface area contributed by atoms with E-state index >= 15 is 0 Å². The summed E-state index contributed by atoms with van der Waals surface area (Å²) in [6.45, 7) is 0. The lowest BCUT2D eigenvalue weighted by atomic mass is 10.2. The summed E-state index contributed by atoms with van der Waals surface area (Å²) in [6, 6.07) is 9.61. The average molecular weight is 228 g/mol. The maximum absolute atomic E-state index is 13.4. The number of nitrogens with zero attached hydrogens (tertiary/aromatic N) is 2. The van der Waals surface area contributed by atoms with Gasteiger partial charge < -0.3 is 11.1 Å². The first-order valence-corrected chi connectivity index (χ1v) is 4.88. The molecule has 0 aliphatic carbocycles. The zero-order valence-corrected chi connectivity index (χ0v) is 8.81. The smallest absolute Gasteiger partial charge is 0.155 e. The van der Waals surface area contributed by atoms with Gasteiger partial charge in [0.05, 0.1) is 16.9 Å². The van der Waals surface area contributed by atoms with Gasteiger partial charge in [-0.25, -0.2) is 9.37 Å². The highest BCUT2D eigenvalue weighted by Crippen LogP contribution is 2.24. The summed E-state index contributed by atoms with van der Waals surface area (Å²) in [5, 5.41) is 11.6.